The fraction of sp³-hybridized carbons (Fsp3) is 0.375. The zero-order valence-electron chi connectivity index (χ0n) is 14.0. The summed E-state index contributed by atoms with van der Waals surface area (Å²) in [4.78, 5) is 12.0. The summed E-state index contributed by atoms with van der Waals surface area (Å²) in [5, 5.41) is 5.79. The molecule has 1 heterocycles. The molecule has 0 aliphatic carbocycles. The molecule has 0 radical (unpaired) electrons. The van der Waals surface area contributed by atoms with Gasteiger partial charge in [0.05, 0.1) is 19.8 Å². The number of aryl methyl sites for hydroxylation is 1. The second-order valence-corrected chi connectivity index (χ2v) is 5.26. The van der Waals surface area contributed by atoms with Crippen molar-refractivity contribution in [1.82, 2.24) is 15.1 Å². The number of rotatable bonds is 6. The number of alkyl halides is 3. The monoisotopic (exact) mass is 357 g/mol. The molecular formula is C16H18F3N3O3. The van der Waals surface area contributed by atoms with Crippen molar-refractivity contribution >= 4 is 5.91 Å². The lowest BCUT2D eigenvalue weighted by Crippen LogP contribution is -2.27. The van der Waals surface area contributed by atoms with E-state index >= 15 is 0 Å². The Morgan fingerprint density at radius 3 is 2.52 bits per heavy atom. The van der Waals surface area contributed by atoms with Crippen molar-refractivity contribution in [3.05, 3.63) is 41.2 Å². The number of methoxy groups -OCH3 is 2. The van der Waals surface area contributed by atoms with Crippen molar-refractivity contribution in [2.24, 2.45) is 7.05 Å². The highest BCUT2D eigenvalue weighted by atomic mass is 19.4. The lowest BCUT2D eigenvalue weighted by atomic mass is 10.1. The molecule has 0 aliphatic heterocycles. The minimum atomic E-state index is -4.68. The van der Waals surface area contributed by atoms with Crippen LogP contribution in [0.15, 0.2) is 24.4 Å². The van der Waals surface area contributed by atoms with Gasteiger partial charge in [-0.15, -0.1) is 0 Å². The Kier molecular flexibility index (Phi) is 5.55. The Morgan fingerprint density at radius 1 is 1.24 bits per heavy atom. The Balaban J connectivity index is 2.02. The quantitative estimate of drug-likeness (QED) is 0.862. The summed E-state index contributed by atoms with van der Waals surface area (Å²) >= 11 is 0. The molecule has 0 fully saturated rings. The molecule has 0 saturated carbocycles. The molecule has 136 valence electrons. The number of carbonyl (C=O) groups is 1. The van der Waals surface area contributed by atoms with Crippen LogP contribution >= 0.6 is 0 Å². The van der Waals surface area contributed by atoms with E-state index < -0.39 is 23.3 Å². The SMILES string of the molecule is COc1ccc(CCNC(=O)c2cn(C)nc2C(F)(F)F)cc1OC. The molecule has 25 heavy (non-hydrogen) atoms. The number of ether oxygens (including phenoxy) is 2. The fourth-order valence-electron chi connectivity index (χ4n) is 2.32. The molecule has 1 aromatic heterocycles. The topological polar surface area (TPSA) is 65.4 Å². The van der Waals surface area contributed by atoms with Gasteiger partial charge in [0.25, 0.3) is 5.91 Å². The van der Waals surface area contributed by atoms with Crippen LogP contribution < -0.4 is 14.8 Å². The number of nitrogens with zero attached hydrogens (tertiary/aromatic N) is 2. The lowest BCUT2D eigenvalue weighted by molar-refractivity contribution is -0.141. The van der Waals surface area contributed by atoms with E-state index in [9.17, 15) is 18.0 Å². The number of aromatic nitrogens is 2. The van der Waals surface area contributed by atoms with Crippen molar-refractivity contribution < 1.29 is 27.4 Å². The van der Waals surface area contributed by atoms with Gasteiger partial charge in [0.2, 0.25) is 0 Å². The van der Waals surface area contributed by atoms with Gasteiger partial charge in [-0.05, 0) is 24.1 Å². The van der Waals surface area contributed by atoms with E-state index in [-0.39, 0.29) is 6.54 Å². The van der Waals surface area contributed by atoms with Gasteiger partial charge in [-0.1, -0.05) is 6.07 Å². The number of carbonyl (C=O) groups excluding carboxylic acids is 1. The van der Waals surface area contributed by atoms with Gasteiger partial charge in [-0.2, -0.15) is 18.3 Å². The van der Waals surface area contributed by atoms with Crippen LogP contribution in [-0.2, 0) is 19.6 Å². The van der Waals surface area contributed by atoms with Gasteiger partial charge in [0, 0.05) is 19.8 Å². The molecule has 0 aliphatic rings. The van der Waals surface area contributed by atoms with Crippen molar-refractivity contribution in [1.29, 1.82) is 0 Å². The molecule has 0 spiro atoms. The van der Waals surface area contributed by atoms with Gasteiger partial charge in [-0.25, -0.2) is 0 Å². The molecule has 1 aromatic carbocycles. The van der Waals surface area contributed by atoms with E-state index in [0.29, 0.717) is 17.9 Å². The van der Waals surface area contributed by atoms with Crippen molar-refractivity contribution in [3.8, 4) is 11.5 Å². The summed E-state index contributed by atoms with van der Waals surface area (Å²) in [6.45, 7) is 0.167. The van der Waals surface area contributed by atoms with Crippen molar-refractivity contribution in [2.45, 2.75) is 12.6 Å². The van der Waals surface area contributed by atoms with Gasteiger partial charge < -0.3 is 14.8 Å². The molecule has 9 heteroatoms. The highest BCUT2D eigenvalue weighted by Crippen LogP contribution is 2.30. The van der Waals surface area contributed by atoms with Gasteiger partial charge in [0.1, 0.15) is 0 Å². The van der Waals surface area contributed by atoms with Gasteiger partial charge >= 0.3 is 6.18 Å². The highest BCUT2D eigenvalue weighted by Gasteiger charge is 2.38. The zero-order chi connectivity index (χ0) is 18.6. The molecular weight excluding hydrogens is 339 g/mol. The molecule has 2 aromatic rings. The Bertz CT molecular complexity index is 757. The average Bonchev–Trinajstić information content (AvgIpc) is 2.97. The summed E-state index contributed by atoms with van der Waals surface area (Å²) in [5.41, 5.74) is -0.846. The minimum Gasteiger partial charge on any atom is -0.493 e. The smallest absolute Gasteiger partial charge is 0.435 e. The number of hydrogen-bond donors (Lipinski definition) is 1. The van der Waals surface area contributed by atoms with Gasteiger partial charge in [-0.3, -0.25) is 9.48 Å². The molecule has 0 saturated heterocycles. The van der Waals surface area contributed by atoms with Gasteiger partial charge in [0.15, 0.2) is 17.2 Å². The van der Waals surface area contributed by atoms with Crippen LogP contribution in [0, 0.1) is 0 Å². The first-order chi connectivity index (χ1) is 11.8. The predicted octanol–water partition coefficient (Wildman–Crippen LogP) is 2.43. The van der Waals surface area contributed by atoms with E-state index in [1.54, 1.807) is 18.2 Å². The van der Waals surface area contributed by atoms with E-state index in [1.165, 1.54) is 21.3 Å². The summed E-state index contributed by atoms with van der Waals surface area (Å²) < 4.78 is 49.9. The van der Waals surface area contributed by atoms with Crippen LogP contribution in [0.3, 0.4) is 0 Å². The summed E-state index contributed by atoms with van der Waals surface area (Å²) in [7, 11) is 4.35. The van der Waals surface area contributed by atoms with E-state index in [1.807, 2.05) is 0 Å². The number of benzene rings is 1. The second-order valence-electron chi connectivity index (χ2n) is 5.26. The zero-order valence-corrected chi connectivity index (χ0v) is 14.0. The maximum atomic E-state index is 12.9. The van der Waals surface area contributed by atoms with Crippen LogP contribution in [0.1, 0.15) is 21.6 Å². The molecule has 1 amide bonds. The maximum absolute atomic E-state index is 12.9. The van der Waals surface area contributed by atoms with Crippen LogP contribution in [-0.4, -0.2) is 36.5 Å². The van der Waals surface area contributed by atoms with Crippen molar-refractivity contribution in [3.63, 3.8) is 0 Å². The number of nitrogens with one attached hydrogen (secondary N) is 1. The fourth-order valence-corrected chi connectivity index (χ4v) is 2.32. The normalized spacial score (nSPS) is 11.3. The van der Waals surface area contributed by atoms with Crippen LogP contribution in [0.25, 0.3) is 0 Å². The van der Waals surface area contributed by atoms with E-state index in [0.717, 1.165) is 16.4 Å². The van der Waals surface area contributed by atoms with Crippen LogP contribution in [0.4, 0.5) is 13.2 Å². The molecule has 1 N–H and O–H groups in total. The third kappa shape index (κ3) is 4.43. The first-order valence-electron chi connectivity index (χ1n) is 7.36. The predicted molar refractivity (Wildman–Crippen MR) is 83.8 cm³/mol. The molecule has 0 atom stereocenters. The molecule has 6 nitrogen and oxygen atoms in total. The number of hydrogen-bond acceptors (Lipinski definition) is 4. The Labute approximate surface area is 142 Å². The first-order valence-corrected chi connectivity index (χ1v) is 7.36. The standard InChI is InChI=1S/C16H18F3N3O3/c1-22-9-11(14(21-22)16(17,18)19)15(23)20-7-6-10-4-5-12(24-2)13(8-10)25-3/h4-5,8-9H,6-7H2,1-3H3,(H,20,23). The third-order valence-electron chi connectivity index (χ3n) is 3.49. The van der Waals surface area contributed by atoms with E-state index in [4.69, 9.17) is 9.47 Å². The van der Waals surface area contributed by atoms with Crippen LogP contribution in [0.5, 0.6) is 11.5 Å². The Hall–Kier alpha value is -2.71. The maximum Gasteiger partial charge on any atom is 0.435 e. The summed E-state index contributed by atoms with van der Waals surface area (Å²) in [5.74, 6) is 0.291. The second kappa shape index (κ2) is 7.45. The largest absolute Gasteiger partial charge is 0.493 e. The third-order valence-corrected chi connectivity index (χ3v) is 3.49. The van der Waals surface area contributed by atoms with Crippen LogP contribution in [0.2, 0.25) is 0 Å². The number of halogens is 3. The first kappa shape index (κ1) is 18.6. The molecule has 0 unspecified atom stereocenters. The van der Waals surface area contributed by atoms with E-state index in [2.05, 4.69) is 10.4 Å². The molecule has 0 bridgehead atoms. The molecule has 2 rings (SSSR count). The summed E-state index contributed by atoms with van der Waals surface area (Å²) in [6, 6.07) is 5.26. The minimum absolute atomic E-state index is 0.167. The van der Waals surface area contributed by atoms with Crippen molar-refractivity contribution in [2.75, 3.05) is 20.8 Å². The summed E-state index contributed by atoms with van der Waals surface area (Å²) in [6.07, 6.45) is -3.21. The Morgan fingerprint density at radius 2 is 1.92 bits per heavy atom. The lowest BCUT2D eigenvalue weighted by Gasteiger charge is -2.10. The average molecular weight is 357 g/mol. The highest BCUT2D eigenvalue weighted by molar-refractivity contribution is 5.95. The number of amides is 1.